The van der Waals surface area contributed by atoms with E-state index in [2.05, 4.69) is 10.3 Å². The Morgan fingerprint density at radius 3 is 2.81 bits per heavy atom. The van der Waals surface area contributed by atoms with Crippen LogP contribution < -0.4 is 10.3 Å². The minimum Gasteiger partial charge on any atom is -0.479 e. The molecule has 0 radical (unpaired) electrons. The Morgan fingerprint density at radius 1 is 1.26 bits per heavy atom. The predicted octanol–water partition coefficient (Wildman–Crippen LogP) is 2.47. The van der Waals surface area contributed by atoms with Crippen LogP contribution in [0.5, 0.6) is 5.88 Å². The summed E-state index contributed by atoms with van der Waals surface area (Å²) in [6.07, 6.45) is 0.659. The maximum absolute atomic E-state index is 13.1. The van der Waals surface area contributed by atoms with E-state index in [-0.39, 0.29) is 24.4 Å². The fourth-order valence-electron chi connectivity index (χ4n) is 4.00. The molecule has 9 heteroatoms. The lowest BCUT2D eigenvalue weighted by Gasteiger charge is -2.14. The topological polar surface area (TPSA) is 106 Å². The van der Waals surface area contributed by atoms with Gasteiger partial charge in [0.2, 0.25) is 5.91 Å². The lowest BCUT2D eigenvalue weighted by molar-refractivity contribution is -0.131. The average Bonchev–Trinajstić information content (AvgIpc) is 3.49. The third-order valence-electron chi connectivity index (χ3n) is 5.58. The minimum absolute atomic E-state index is 0.0686. The number of nitrogens with one attached hydrogen (secondary N) is 1. The van der Waals surface area contributed by atoms with Crippen LogP contribution in [0.15, 0.2) is 45.7 Å². The number of H-pyrrole nitrogens is 1. The molecule has 0 saturated heterocycles. The molecule has 0 saturated carbocycles. The third-order valence-corrected chi connectivity index (χ3v) is 5.58. The molecule has 1 aliphatic rings. The van der Waals surface area contributed by atoms with Gasteiger partial charge in [0, 0.05) is 30.2 Å². The van der Waals surface area contributed by atoms with E-state index in [1.165, 1.54) is 11.6 Å². The zero-order valence-electron chi connectivity index (χ0n) is 17.2. The van der Waals surface area contributed by atoms with Crippen molar-refractivity contribution in [1.82, 2.24) is 24.7 Å². The van der Waals surface area contributed by atoms with Gasteiger partial charge in [-0.1, -0.05) is 30.3 Å². The first-order valence-electron chi connectivity index (χ1n) is 10.0. The Morgan fingerprint density at radius 2 is 2.06 bits per heavy atom. The number of hydrogen-bond acceptors (Lipinski definition) is 6. The van der Waals surface area contributed by atoms with Crippen molar-refractivity contribution in [3.63, 3.8) is 0 Å². The molecule has 158 valence electrons. The fourth-order valence-corrected chi connectivity index (χ4v) is 4.00. The average molecular weight is 419 g/mol. The lowest BCUT2D eigenvalue weighted by atomic mass is 10.1. The maximum atomic E-state index is 13.1. The van der Waals surface area contributed by atoms with Gasteiger partial charge >= 0.3 is 0 Å². The van der Waals surface area contributed by atoms with E-state index in [4.69, 9.17) is 14.2 Å². The van der Waals surface area contributed by atoms with Crippen molar-refractivity contribution in [1.29, 1.82) is 0 Å². The first-order chi connectivity index (χ1) is 15.0. The second kappa shape index (κ2) is 7.42. The summed E-state index contributed by atoms with van der Waals surface area (Å²) >= 11 is 0. The number of nitrogens with zero attached hydrogens (tertiary/aromatic N) is 4. The maximum Gasteiger partial charge on any atom is 0.278 e. The Balaban J connectivity index is 1.41. The van der Waals surface area contributed by atoms with Gasteiger partial charge in [-0.3, -0.25) is 14.7 Å². The number of carbonyl (C=O) groups is 1. The summed E-state index contributed by atoms with van der Waals surface area (Å²) in [5, 5.41) is 6.87. The molecule has 1 amide bonds. The second-order valence-electron chi connectivity index (χ2n) is 7.56. The molecule has 0 atom stereocenters. The van der Waals surface area contributed by atoms with Gasteiger partial charge in [0.25, 0.3) is 11.4 Å². The number of aromatic amines is 1. The number of methoxy groups -OCH3 is 1. The molecule has 1 aliphatic heterocycles. The van der Waals surface area contributed by atoms with Crippen LogP contribution in [0.4, 0.5) is 0 Å². The molecular formula is C22H21N5O4. The summed E-state index contributed by atoms with van der Waals surface area (Å²) in [4.78, 5) is 32.3. The van der Waals surface area contributed by atoms with Crippen molar-refractivity contribution < 1.29 is 14.1 Å². The summed E-state index contributed by atoms with van der Waals surface area (Å²) in [5.41, 5.74) is 4.36. The van der Waals surface area contributed by atoms with E-state index >= 15 is 0 Å². The number of fused-ring (bicyclic) bond motifs is 2. The molecule has 9 nitrogen and oxygen atoms in total. The van der Waals surface area contributed by atoms with Crippen LogP contribution in [-0.2, 0) is 24.3 Å². The molecule has 4 aromatic rings. The summed E-state index contributed by atoms with van der Waals surface area (Å²) in [6.45, 7) is 2.50. The van der Waals surface area contributed by atoms with Gasteiger partial charge in [0.1, 0.15) is 5.76 Å². The fraction of sp³-hybridized carbons (Fsp3) is 0.273. The summed E-state index contributed by atoms with van der Waals surface area (Å²) in [6, 6.07) is 11.5. The van der Waals surface area contributed by atoms with E-state index in [9.17, 15) is 9.59 Å². The Hall–Kier alpha value is -3.88. The van der Waals surface area contributed by atoms with Crippen molar-refractivity contribution >= 4 is 11.6 Å². The summed E-state index contributed by atoms with van der Waals surface area (Å²) in [5.74, 6) is 0.894. The standard InChI is InChI=1S/C22H21N5O4/c1-13-20(14-6-4-3-5-7-14)21-23-17-12-26(11-16(17)22(29)27(21)24-13)19(28)9-8-15-10-18(30-2)25-31-15/h3-7,10,24H,8-9,11-12H2,1-2H3. The Bertz CT molecular complexity index is 1340. The smallest absolute Gasteiger partial charge is 0.278 e. The molecule has 0 spiro atoms. The van der Waals surface area contributed by atoms with Gasteiger partial charge < -0.3 is 14.2 Å². The molecule has 0 fully saturated rings. The number of aryl methyl sites for hydroxylation is 2. The Labute approximate surface area is 177 Å². The molecule has 1 N–H and O–H groups in total. The van der Waals surface area contributed by atoms with E-state index in [0.29, 0.717) is 41.5 Å². The highest BCUT2D eigenvalue weighted by Gasteiger charge is 2.29. The zero-order valence-corrected chi connectivity index (χ0v) is 17.2. The predicted molar refractivity (Wildman–Crippen MR) is 112 cm³/mol. The van der Waals surface area contributed by atoms with Gasteiger partial charge in [-0.2, -0.15) is 0 Å². The minimum atomic E-state index is -0.166. The van der Waals surface area contributed by atoms with Crippen LogP contribution in [0.1, 0.15) is 29.1 Å². The highest BCUT2D eigenvalue weighted by molar-refractivity contribution is 5.80. The van der Waals surface area contributed by atoms with E-state index < -0.39 is 0 Å². The van der Waals surface area contributed by atoms with E-state index in [0.717, 1.165) is 16.8 Å². The molecule has 3 aromatic heterocycles. The highest BCUT2D eigenvalue weighted by Crippen LogP contribution is 2.28. The lowest BCUT2D eigenvalue weighted by Crippen LogP contribution is -2.26. The monoisotopic (exact) mass is 419 g/mol. The largest absolute Gasteiger partial charge is 0.479 e. The number of rotatable bonds is 5. The quantitative estimate of drug-likeness (QED) is 0.533. The molecule has 4 heterocycles. The number of amides is 1. The Kier molecular flexibility index (Phi) is 4.58. The summed E-state index contributed by atoms with van der Waals surface area (Å²) < 4.78 is 11.6. The van der Waals surface area contributed by atoms with Gasteiger partial charge in [0.15, 0.2) is 5.65 Å². The highest BCUT2D eigenvalue weighted by atomic mass is 16.5. The van der Waals surface area contributed by atoms with Crippen molar-refractivity contribution in [3.05, 3.63) is 69.5 Å². The van der Waals surface area contributed by atoms with Gasteiger partial charge in [-0.05, 0) is 17.6 Å². The molecule has 5 rings (SSSR count). The first kappa shape index (κ1) is 19.1. The number of ether oxygens (including phenoxy) is 1. The van der Waals surface area contributed by atoms with Crippen molar-refractivity contribution in [2.75, 3.05) is 7.11 Å². The van der Waals surface area contributed by atoms with Crippen LogP contribution >= 0.6 is 0 Å². The van der Waals surface area contributed by atoms with Gasteiger partial charge in [-0.15, -0.1) is 0 Å². The SMILES string of the molecule is COc1cc(CCC(=O)N2Cc3nc4c(-c5ccccc5)c(C)[nH]n4c(=O)c3C2)on1. The first-order valence-corrected chi connectivity index (χ1v) is 10.0. The van der Waals surface area contributed by atoms with Crippen LogP contribution in [0, 0.1) is 6.92 Å². The zero-order chi connectivity index (χ0) is 21.5. The van der Waals surface area contributed by atoms with Crippen LogP contribution in [0.2, 0.25) is 0 Å². The molecule has 0 aliphatic carbocycles. The van der Waals surface area contributed by atoms with Crippen molar-refractivity contribution in [2.24, 2.45) is 0 Å². The third kappa shape index (κ3) is 3.27. The van der Waals surface area contributed by atoms with Gasteiger partial charge in [0.05, 0.1) is 31.5 Å². The molecular weight excluding hydrogens is 398 g/mol. The molecule has 31 heavy (non-hydrogen) atoms. The number of aromatic nitrogens is 4. The van der Waals surface area contributed by atoms with Crippen molar-refractivity contribution in [3.8, 4) is 17.0 Å². The molecule has 1 aromatic carbocycles. The van der Waals surface area contributed by atoms with Gasteiger partial charge in [-0.25, -0.2) is 9.50 Å². The number of hydrogen-bond donors (Lipinski definition) is 1. The van der Waals surface area contributed by atoms with Crippen LogP contribution in [0.25, 0.3) is 16.8 Å². The van der Waals surface area contributed by atoms with Crippen LogP contribution in [0.3, 0.4) is 0 Å². The van der Waals surface area contributed by atoms with E-state index in [1.54, 1.807) is 11.0 Å². The van der Waals surface area contributed by atoms with E-state index in [1.807, 2.05) is 37.3 Å². The number of carbonyl (C=O) groups excluding carboxylic acids is 1. The molecule has 0 bridgehead atoms. The summed E-state index contributed by atoms with van der Waals surface area (Å²) in [7, 11) is 1.51. The van der Waals surface area contributed by atoms with Crippen LogP contribution in [-0.4, -0.2) is 37.7 Å². The van der Waals surface area contributed by atoms with Crippen molar-refractivity contribution in [2.45, 2.75) is 32.9 Å². The second-order valence-corrected chi connectivity index (χ2v) is 7.56. The normalized spacial score (nSPS) is 13.0. The molecule has 0 unspecified atom stereocenters. The number of benzene rings is 1.